The molecule has 1 aliphatic rings. The third-order valence-electron chi connectivity index (χ3n) is 3.37. The third kappa shape index (κ3) is 4.08. The van der Waals surface area contributed by atoms with Crippen LogP contribution in [0.2, 0.25) is 5.02 Å². The number of amides is 2. The lowest BCUT2D eigenvalue weighted by molar-refractivity contribution is 0.251. The van der Waals surface area contributed by atoms with E-state index in [4.69, 9.17) is 11.6 Å². The van der Waals surface area contributed by atoms with Crippen molar-refractivity contribution in [3.8, 4) is 0 Å². The monoisotopic (exact) mass is 299 g/mol. The van der Waals surface area contributed by atoms with E-state index in [1.165, 1.54) is 0 Å². The van der Waals surface area contributed by atoms with Gasteiger partial charge in [-0.05, 0) is 36.6 Å². The lowest BCUT2D eigenvalue weighted by Crippen LogP contribution is -2.39. The van der Waals surface area contributed by atoms with Crippen LogP contribution < -0.4 is 16.0 Å². The molecule has 110 valence electrons. The van der Waals surface area contributed by atoms with E-state index < -0.39 is 6.17 Å². The fraction of sp³-hybridized carbons (Fsp3) is 0.500. The summed E-state index contributed by atoms with van der Waals surface area (Å²) >= 11 is 5.92. The van der Waals surface area contributed by atoms with E-state index >= 15 is 0 Å². The number of carbonyl (C=O) groups excluding carboxylic acids is 1. The molecule has 0 aromatic heterocycles. The predicted molar refractivity (Wildman–Crippen MR) is 79.2 cm³/mol. The zero-order chi connectivity index (χ0) is 14.5. The van der Waals surface area contributed by atoms with Crippen LogP contribution in [-0.4, -0.2) is 31.3 Å². The van der Waals surface area contributed by atoms with Crippen LogP contribution in [0.15, 0.2) is 18.2 Å². The molecule has 1 aliphatic heterocycles. The molecule has 1 saturated heterocycles. The predicted octanol–water partition coefficient (Wildman–Crippen LogP) is 2.72. The van der Waals surface area contributed by atoms with Gasteiger partial charge in [0.25, 0.3) is 0 Å². The van der Waals surface area contributed by atoms with E-state index in [-0.39, 0.29) is 12.1 Å². The molecular weight excluding hydrogens is 281 g/mol. The van der Waals surface area contributed by atoms with Gasteiger partial charge in [0, 0.05) is 29.8 Å². The van der Waals surface area contributed by atoms with Crippen molar-refractivity contribution in [1.82, 2.24) is 10.6 Å². The zero-order valence-corrected chi connectivity index (χ0v) is 12.1. The first-order valence-electron chi connectivity index (χ1n) is 6.79. The van der Waals surface area contributed by atoms with Gasteiger partial charge in [0.15, 0.2) is 0 Å². The molecule has 0 bridgehead atoms. The van der Waals surface area contributed by atoms with Gasteiger partial charge in [0.1, 0.15) is 6.17 Å². The molecule has 0 spiro atoms. The van der Waals surface area contributed by atoms with E-state index in [1.54, 1.807) is 12.1 Å². The summed E-state index contributed by atoms with van der Waals surface area (Å²) in [5.41, 5.74) is 1.73. The Kier molecular flexibility index (Phi) is 5.20. The van der Waals surface area contributed by atoms with Crippen LogP contribution in [0.1, 0.15) is 18.9 Å². The molecule has 2 rings (SSSR count). The maximum atomic E-state index is 13.0. The van der Waals surface area contributed by atoms with Crippen molar-refractivity contribution in [2.45, 2.75) is 32.0 Å². The fourth-order valence-corrected chi connectivity index (χ4v) is 2.48. The van der Waals surface area contributed by atoms with E-state index in [9.17, 15) is 9.18 Å². The summed E-state index contributed by atoms with van der Waals surface area (Å²) < 4.78 is 13.0. The Labute approximate surface area is 123 Å². The summed E-state index contributed by atoms with van der Waals surface area (Å²) in [5, 5.41) is 9.21. The van der Waals surface area contributed by atoms with Crippen molar-refractivity contribution < 1.29 is 9.18 Å². The molecule has 6 heteroatoms. The second-order valence-corrected chi connectivity index (χ2v) is 5.36. The van der Waals surface area contributed by atoms with Gasteiger partial charge in [-0.25, -0.2) is 9.18 Å². The van der Waals surface area contributed by atoms with Crippen molar-refractivity contribution in [2.24, 2.45) is 0 Å². The van der Waals surface area contributed by atoms with E-state index in [2.05, 4.69) is 16.0 Å². The van der Waals surface area contributed by atoms with Gasteiger partial charge in [-0.2, -0.15) is 0 Å². The van der Waals surface area contributed by atoms with Crippen LogP contribution in [0.25, 0.3) is 0 Å². The molecule has 2 amide bonds. The van der Waals surface area contributed by atoms with Crippen LogP contribution in [0.3, 0.4) is 0 Å². The highest BCUT2D eigenvalue weighted by Gasteiger charge is 2.23. The number of urea groups is 1. The summed E-state index contributed by atoms with van der Waals surface area (Å²) in [6.45, 7) is 2.78. The van der Waals surface area contributed by atoms with Crippen LogP contribution in [-0.2, 0) is 6.42 Å². The Morgan fingerprint density at radius 3 is 3.00 bits per heavy atom. The number of anilines is 1. The first-order valence-corrected chi connectivity index (χ1v) is 7.17. The second kappa shape index (κ2) is 6.90. The quantitative estimate of drug-likeness (QED) is 0.801. The lowest BCUT2D eigenvalue weighted by Gasteiger charge is -2.14. The highest BCUT2D eigenvalue weighted by molar-refractivity contribution is 6.30. The van der Waals surface area contributed by atoms with Crippen LogP contribution in [0.4, 0.5) is 14.9 Å². The Hall–Kier alpha value is -1.33. The van der Waals surface area contributed by atoms with Crippen LogP contribution in [0, 0.1) is 0 Å². The summed E-state index contributed by atoms with van der Waals surface area (Å²) in [5.74, 6) is 0. The average molecular weight is 300 g/mol. The van der Waals surface area contributed by atoms with Crippen molar-refractivity contribution in [1.29, 1.82) is 0 Å². The van der Waals surface area contributed by atoms with Gasteiger partial charge in [0.05, 0.1) is 0 Å². The maximum Gasteiger partial charge on any atom is 0.319 e. The topological polar surface area (TPSA) is 53.2 Å². The normalized spacial score (nSPS) is 21.8. The largest absolute Gasteiger partial charge is 0.336 e. The minimum absolute atomic E-state index is 0.00612. The van der Waals surface area contributed by atoms with Crippen molar-refractivity contribution in [3.63, 3.8) is 0 Å². The summed E-state index contributed by atoms with van der Waals surface area (Å²) in [6.07, 6.45) is 0.415. The first kappa shape index (κ1) is 15.1. The Morgan fingerprint density at radius 1 is 1.55 bits per heavy atom. The molecule has 0 radical (unpaired) electrons. The molecule has 0 unspecified atom stereocenters. The summed E-state index contributed by atoms with van der Waals surface area (Å²) in [6, 6.07) is 5.08. The SMILES string of the molecule is CCc1cc(Cl)ccc1NC(=O)NC[C@@H]1C[C@H](F)CN1. The number of rotatable bonds is 4. The molecule has 20 heavy (non-hydrogen) atoms. The van der Waals surface area contributed by atoms with Gasteiger partial charge in [-0.3, -0.25) is 0 Å². The molecule has 3 N–H and O–H groups in total. The minimum atomic E-state index is -0.812. The highest BCUT2D eigenvalue weighted by Crippen LogP contribution is 2.21. The average Bonchev–Trinajstić information content (AvgIpc) is 2.84. The van der Waals surface area contributed by atoms with Crippen LogP contribution >= 0.6 is 11.6 Å². The lowest BCUT2D eigenvalue weighted by atomic mass is 10.1. The molecule has 1 aromatic carbocycles. The molecule has 0 saturated carbocycles. The number of halogens is 2. The standard InChI is InChI=1S/C14H19ClFN3O/c1-2-9-5-10(15)3-4-13(9)19-14(20)18-8-12-6-11(16)7-17-12/h3-5,11-12,17H,2,6-8H2,1H3,(H2,18,19,20)/t11-,12-/m0/s1. The number of hydrogen-bond acceptors (Lipinski definition) is 2. The number of benzene rings is 1. The molecule has 1 heterocycles. The number of aryl methyl sites for hydroxylation is 1. The Balaban J connectivity index is 1.85. The molecule has 4 nitrogen and oxygen atoms in total. The number of carbonyl (C=O) groups is 1. The molecule has 0 aliphatic carbocycles. The smallest absolute Gasteiger partial charge is 0.319 e. The van der Waals surface area contributed by atoms with Crippen molar-refractivity contribution in [2.75, 3.05) is 18.4 Å². The minimum Gasteiger partial charge on any atom is -0.336 e. The zero-order valence-electron chi connectivity index (χ0n) is 11.4. The highest BCUT2D eigenvalue weighted by atomic mass is 35.5. The molecule has 1 aromatic rings. The van der Waals surface area contributed by atoms with E-state index in [0.29, 0.717) is 24.5 Å². The van der Waals surface area contributed by atoms with Gasteiger partial charge in [-0.1, -0.05) is 18.5 Å². The number of hydrogen-bond donors (Lipinski definition) is 3. The van der Waals surface area contributed by atoms with Gasteiger partial charge in [0.2, 0.25) is 0 Å². The molecule has 1 fully saturated rings. The second-order valence-electron chi connectivity index (χ2n) is 4.93. The first-order chi connectivity index (χ1) is 9.58. The van der Waals surface area contributed by atoms with Crippen molar-refractivity contribution in [3.05, 3.63) is 28.8 Å². The summed E-state index contributed by atoms with van der Waals surface area (Å²) in [7, 11) is 0. The van der Waals surface area contributed by atoms with Gasteiger partial charge < -0.3 is 16.0 Å². The Bertz CT molecular complexity index is 483. The molecule has 2 atom stereocenters. The molecular formula is C14H19ClFN3O. The van der Waals surface area contributed by atoms with E-state index in [0.717, 1.165) is 17.7 Å². The van der Waals surface area contributed by atoms with Crippen molar-refractivity contribution >= 4 is 23.3 Å². The third-order valence-corrected chi connectivity index (χ3v) is 3.61. The fourth-order valence-electron chi connectivity index (χ4n) is 2.28. The van der Waals surface area contributed by atoms with Crippen LogP contribution in [0.5, 0.6) is 0 Å². The number of alkyl halides is 1. The Morgan fingerprint density at radius 2 is 2.35 bits per heavy atom. The van der Waals surface area contributed by atoms with Gasteiger partial charge in [-0.15, -0.1) is 0 Å². The summed E-state index contributed by atoms with van der Waals surface area (Å²) in [4.78, 5) is 11.8. The van der Waals surface area contributed by atoms with E-state index in [1.807, 2.05) is 13.0 Å². The maximum absolute atomic E-state index is 13.0. The van der Waals surface area contributed by atoms with Gasteiger partial charge >= 0.3 is 6.03 Å². The number of nitrogens with one attached hydrogen (secondary N) is 3.